The van der Waals surface area contributed by atoms with Crippen LogP contribution in [-0.4, -0.2) is 20.7 Å². The summed E-state index contributed by atoms with van der Waals surface area (Å²) in [6.45, 7) is -0.782. The number of alkyl halides is 4. The van der Waals surface area contributed by atoms with E-state index in [2.05, 4.69) is 15.4 Å². The number of pyridine rings is 1. The van der Waals surface area contributed by atoms with Gasteiger partial charge >= 0.3 is 11.7 Å². The van der Waals surface area contributed by atoms with Crippen molar-refractivity contribution >= 4 is 17.6 Å². The summed E-state index contributed by atoms with van der Waals surface area (Å²) in [4.78, 5) is 18.2. The first-order valence-electron chi connectivity index (χ1n) is 12.9. The van der Waals surface area contributed by atoms with Gasteiger partial charge in [-0.3, -0.25) is 14.5 Å². The molecule has 1 saturated carbocycles. The maximum atomic E-state index is 15.0. The van der Waals surface area contributed by atoms with Gasteiger partial charge in [-0.2, -0.15) is 13.9 Å². The van der Waals surface area contributed by atoms with Crippen molar-refractivity contribution in [2.75, 3.05) is 0 Å². The van der Waals surface area contributed by atoms with Crippen LogP contribution in [0.4, 0.5) is 26.3 Å². The second kappa shape index (κ2) is 10.6. The van der Waals surface area contributed by atoms with Gasteiger partial charge in [0.1, 0.15) is 29.6 Å². The summed E-state index contributed by atoms with van der Waals surface area (Å²) in [7, 11) is 0. The van der Waals surface area contributed by atoms with Crippen LogP contribution in [0.1, 0.15) is 53.0 Å². The zero-order chi connectivity index (χ0) is 29.8. The molecule has 0 saturated heterocycles. The largest absolute Gasteiger partial charge is 0.505 e. The molecule has 0 aliphatic heterocycles. The quantitative estimate of drug-likeness (QED) is 0.181. The number of hydrogen-bond donors (Lipinski definition) is 1. The molecule has 2 aliphatic rings. The number of nitrogens with one attached hydrogen (secondary N) is 1. The van der Waals surface area contributed by atoms with E-state index in [-0.39, 0.29) is 24.0 Å². The normalized spacial score (nSPS) is 18.8. The van der Waals surface area contributed by atoms with Gasteiger partial charge in [-0.1, -0.05) is 6.07 Å². The number of halogens is 6. The number of amides is 1. The van der Waals surface area contributed by atoms with Crippen LogP contribution >= 0.6 is 0 Å². The van der Waals surface area contributed by atoms with Crippen LogP contribution in [-0.2, 0) is 39.6 Å². The van der Waals surface area contributed by atoms with Gasteiger partial charge in [0.15, 0.2) is 0 Å². The van der Waals surface area contributed by atoms with Crippen molar-refractivity contribution in [2.45, 2.75) is 48.6 Å². The van der Waals surface area contributed by atoms with Gasteiger partial charge in [-0.25, -0.2) is 17.6 Å². The summed E-state index contributed by atoms with van der Waals surface area (Å²) < 4.78 is 97.3. The number of nitrogens with zero attached hydrogens (tertiary/aromatic N) is 3. The van der Waals surface area contributed by atoms with Crippen molar-refractivity contribution in [3.63, 3.8) is 0 Å². The molecule has 1 fully saturated rings. The van der Waals surface area contributed by atoms with E-state index in [1.54, 1.807) is 36.4 Å². The fourth-order valence-corrected chi connectivity index (χ4v) is 6.01. The number of hydrogen-bond acceptors (Lipinski definition) is 4. The lowest BCUT2D eigenvalue weighted by atomic mass is 9.95. The molecule has 6 nitrogen and oxygen atoms in total. The second-order valence-corrected chi connectivity index (χ2v) is 11.0. The maximum absolute atomic E-state index is 15.0. The zero-order valence-corrected chi connectivity index (χ0v) is 22.4. The Labute approximate surface area is 239 Å². The van der Waals surface area contributed by atoms with Crippen molar-refractivity contribution < 1.29 is 35.3 Å². The monoisotopic (exact) mass is 603 g/mol. The lowest BCUT2D eigenvalue weighted by Crippen LogP contribution is -2.35. The fourth-order valence-electron chi connectivity index (χ4n) is 5.76. The van der Waals surface area contributed by atoms with E-state index >= 15 is 8.78 Å². The first-order valence-corrected chi connectivity index (χ1v) is 13.7. The molecule has 216 valence electrons. The molecular weight excluding hydrogens is 582 g/mol. The molecule has 0 spiro atoms. The van der Waals surface area contributed by atoms with E-state index < -0.39 is 65.7 Å². The van der Waals surface area contributed by atoms with E-state index in [0.29, 0.717) is 44.1 Å². The van der Waals surface area contributed by atoms with Crippen molar-refractivity contribution in [3.8, 4) is 11.1 Å². The molecule has 1 amide bonds. The molecule has 3 atom stereocenters. The van der Waals surface area contributed by atoms with Crippen molar-refractivity contribution in [1.82, 2.24) is 20.1 Å². The van der Waals surface area contributed by atoms with E-state index in [1.165, 1.54) is 6.20 Å². The zero-order valence-electron chi connectivity index (χ0n) is 21.5. The lowest BCUT2D eigenvalue weighted by molar-refractivity contribution is -0.123. The molecule has 13 heteroatoms. The van der Waals surface area contributed by atoms with Gasteiger partial charge in [0.25, 0.3) is 17.2 Å². The van der Waals surface area contributed by atoms with Crippen molar-refractivity contribution in [3.05, 3.63) is 101 Å². The SMILES string of the molecule is O=[S+]c1ccc(-c2cccnc2[C@H](Cc2cc(F)cc(F)c2)NC(=O)Cn2nc(C(F)F)c3c2C(F)(F)C2CC32)cc1. The standard InChI is InChI=1S/C29H20F6N4O2S/c30-16-8-14(9-17(31)11-16)10-22(25-19(2-1-7-36-25)15-3-5-18(42-41)6-4-15)37-23(40)13-39-27-24(26(38-39)28(32)33)20-12-21(20)29(27,34)35/h1-9,11,20-22,28H,10,12-13H2/p+1/t20?,21?,22-/m0/s1. The summed E-state index contributed by atoms with van der Waals surface area (Å²) in [5.74, 6) is -7.72. The first-order chi connectivity index (χ1) is 20.1. The van der Waals surface area contributed by atoms with Gasteiger partial charge in [0, 0.05) is 45.6 Å². The number of aromatic nitrogens is 3. The minimum Gasteiger partial charge on any atom is -0.346 e. The Morgan fingerprint density at radius 1 is 1.07 bits per heavy atom. The topological polar surface area (TPSA) is 76.9 Å². The van der Waals surface area contributed by atoms with Gasteiger partial charge in [0.2, 0.25) is 5.91 Å². The Morgan fingerprint density at radius 3 is 2.45 bits per heavy atom. The second-order valence-electron chi connectivity index (χ2n) is 10.3. The predicted molar refractivity (Wildman–Crippen MR) is 139 cm³/mol. The van der Waals surface area contributed by atoms with Gasteiger partial charge in [-0.15, -0.1) is 0 Å². The molecule has 4 aromatic rings. The number of carbonyl (C=O) groups is 1. The van der Waals surface area contributed by atoms with Crippen LogP contribution in [0, 0.1) is 17.6 Å². The molecule has 2 unspecified atom stereocenters. The molecule has 2 aromatic heterocycles. The van der Waals surface area contributed by atoms with Crippen LogP contribution in [0.3, 0.4) is 0 Å². The third kappa shape index (κ3) is 5.06. The fraction of sp³-hybridized carbons (Fsp3) is 0.276. The van der Waals surface area contributed by atoms with E-state index in [1.807, 2.05) is 0 Å². The average Bonchev–Trinajstić information content (AvgIpc) is 3.61. The van der Waals surface area contributed by atoms with Crippen LogP contribution in [0.5, 0.6) is 0 Å². The Balaban J connectivity index is 1.35. The van der Waals surface area contributed by atoms with Gasteiger partial charge < -0.3 is 5.32 Å². The maximum Gasteiger partial charge on any atom is 0.505 e. The van der Waals surface area contributed by atoms with Crippen molar-refractivity contribution in [1.29, 1.82) is 0 Å². The highest BCUT2D eigenvalue weighted by Crippen LogP contribution is 2.68. The molecule has 0 bridgehead atoms. The summed E-state index contributed by atoms with van der Waals surface area (Å²) in [5, 5.41) is 6.38. The van der Waals surface area contributed by atoms with Crippen molar-refractivity contribution in [2.24, 2.45) is 5.92 Å². The third-order valence-electron chi connectivity index (χ3n) is 7.59. The minimum atomic E-state index is -3.40. The molecule has 42 heavy (non-hydrogen) atoms. The highest BCUT2D eigenvalue weighted by Gasteiger charge is 2.67. The predicted octanol–water partition coefficient (Wildman–Crippen LogP) is 6.26. The first kappa shape index (κ1) is 28.0. The van der Waals surface area contributed by atoms with Crippen LogP contribution in [0.25, 0.3) is 11.1 Å². The molecule has 2 heterocycles. The summed E-state index contributed by atoms with van der Waals surface area (Å²) >= 11 is 0.309. The molecular formula is C29H21F6N4O2S+. The van der Waals surface area contributed by atoms with E-state index in [9.17, 15) is 26.6 Å². The van der Waals surface area contributed by atoms with Crippen LogP contribution in [0.15, 0.2) is 65.7 Å². The Kier molecular flexibility index (Phi) is 7.08. The molecule has 1 N–H and O–H groups in total. The van der Waals surface area contributed by atoms with E-state index in [0.717, 1.165) is 12.1 Å². The highest BCUT2D eigenvalue weighted by molar-refractivity contribution is 7.65. The molecule has 6 rings (SSSR count). The van der Waals surface area contributed by atoms with Gasteiger partial charge in [-0.05, 0) is 60.2 Å². The molecule has 2 aliphatic carbocycles. The summed E-state index contributed by atoms with van der Waals surface area (Å²) in [6.07, 6.45) is -1.69. The van der Waals surface area contributed by atoms with E-state index in [4.69, 9.17) is 0 Å². The number of benzene rings is 2. The highest BCUT2D eigenvalue weighted by atomic mass is 32.1. The molecule has 2 aromatic carbocycles. The number of carbonyl (C=O) groups excluding carboxylic acids is 1. The van der Waals surface area contributed by atoms with Crippen LogP contribution in [0.2, 0.25) is 0 Å². The number of fused-ring (bicyclic) bond motifs is 3. The summed E-state index contributed by atoms with van der Waals surface area (Å²) in [6, 6.07) is 11.8. The van der Waals surface area contributed by atoms with Crippen LogP contribution < -0.4 is 5.32 Å². The Bertz CT molecular complexity index is 1670. The van der Waals surface area contributed by atoms with Gasteiger partial charge in [0.05, 0.1) is 11.7 Å². The lowest BCUT2D eigenvalue weighted by Gasteiger charge is -2.22. The minimum absolute atomic E-state index is 0.0841. The molecule has 0 radical (unpaired) electrons. The summed E-state index contributed by atoms with van der Waals surface area (Å²) in [5.41, 5.74) is 0.0300. The third-order valence-corrected chi connectivity index (χ3v) is 8.05. The Hall–Kier alpha value is -4.13. The smallest absolute Gasteiger partial charge is 0.346 e. The average molecular weight is 604 g/mol. The number of rotatable bonds is 9. The Morgan fingerprint density at radius 2 is 1.79 bits per heavy atom.